The van der Waals surface area contributed by atoms with Crippen LogP contribution in [0.3, 0.4) is 0 Å². The maximum absolute atomic E-state index is 4.46. The minimum absolute atomic E-state index is 0. The number of benzene rings is 2. The Bertz CT molecular complexity index is 815. The zero-order valence-corrected chi connectivity index (χ0v) is 20.5. The van der Waals surface area contributed by atoms with Crippen LogP contribution in [-0.2, 0) is 6.54 Å². The quantitative estimate of drug-likeness (QED) is 0.335. The third-order valence-corrected chi connectivity index (χ3v) is 6.49. The zero-order valence-electron chi connectivity index (χ0n) is 18.2. The second-order valence-corrected chi connectivity index (χ2v) is 8.59. The average Bonchev–Trinajstić information content (AvgIpc) is 3.54. The van der Waals surface area contributed by atoms with Crippen LogP contribution >= 0.6 is 24.0 Å². The van der Waals surface area contributed by atoms with Crippen molar-refractivity contribution in [1.29, 1.82) is 0 Å². The molecule has 1 aliphatic carbocycles. The Balaban J connectivity index is 0.00000256. The summed E-state index contributed by atoms with van der Waals surface area (Å²) in [4.78, 5) is 7.03. The number of piperidine rings is 1. The minimum Gasteiger partial charge on any atom is -0.356 e. The highest BCUT2D eigenvalue weighted by Gasteiger charge is 2.37. The molecule has 2 aromatic rings. The zero-order chi connectivity index (χ0) is 20.1. The van der Waals surface area contributed by atoms with Crippen molar-refractivity contribution in [2.45, 2.75) is 44.7 Å². The Hall–Kier alpha value is -1.60. The second-order valence-electron chi connectivity index (χ2n) is 8.59. The first-order valence-electron chi connectivity index (χ1n) is 11.0. The molecule has 0 amide bonds. The van der Waals surface area contributed by atoms with Crippen LogP contribution < -0.4 is 10.6 Å². The SMILES string of the molecule is CN=C(NCC1CC1c1ccccc1)NC1CCN(Cc2ccccc2C)CC1.I. The van der Waals surface area contributed by atoms with Crippen LogP contribution in [0.15, 0.2) is 59.6 Å². The topological polar surface area (TPSA) is 39.7 Å². The fourth-order valence-corrected chi connectivity index (χ4v) is 4.46. The highest BCUT2D eigenvalue weighted by molar-refractivity contribution is 14.0. The summed E-state index contributed by atoms with van der Waals surface area (Å²) in [7, 11) is 1.88. The van der Waals surface area contributed by atoms with Gasteiger partial charge in [-0.3, -0.25) is 9.89 Å². The van der Waals surface area contributed by atoms with Gasteiger partial charge in [0.25, 0.3) is 0 Å². The highest BCUT2D eigenvalue weighted by Crippen LogP contribution is 2.46. The lowest BCUT2D eigenvalue weighted by Crippen LogP contribution is -2.48. The number of halogens is 1. The largest absolute Gasteiger partial charge is 0.356 e. The first kappa shape index (κ1) is 23.1. The maximum atomic E-state index is 4.46. The van der Waals surface area contributed by atoms with Crippen LogP contribution in [0.4, 0.5) is 0 Å². The molecule has 2 atom stereocenters. The third kappa shape index (κ3) is 6.20. The van der Waals surface area contributed by atoms with Crippen molar-refractivity contribution >= 4 is 29.9 Å². The Labute approximate surface area is 198 Å². The number of hydrogen-bond donors (Lipinski definition) is 2. The molecule has 0 radical (unpaired) electrons. The molecule has 2 unspecified atom stereocenters. The summed E-state index contributed by atoms with van der Waals surface area (Å²) in [6.07, 6.45) is 3.62. The standard InChI is InChI=1S/C25H34N4.HI/c1-19-8-6-7-11-21(19)18-29-14-12-23(13-15-29)28-25(26-2)27-17-22-16-24(22)20-9-4-3-5-10-20;/h3-11,22-24H,12-18H2,1-2H3,(H2,26,27,28);1H. The van der Waals surface area contributed by atoms with Crippen molar-refractivity contribution in [3.63, 3.8) is 0 Å². The van der Waals surface area contributed by atoms with E-state index in [0.717, 1.165) is 38.1 Å². The fourth-order valence-electron chi connectivity index (χ4n) is 4.46. The number of nitrogens with zero attached hydrogens (tertiary/aromatic N) is 2. The molecule has 162 valence electrons. The van der Waals surface area contributed by atoms with Crippen LogP contribution in [-0.4, -0.2) is 43.6 Å². The van der Waals surface area contributed by atoms with Gasteiger partial charge in [-0.15, -0.1) is 24.0 Å². The van der Waals surface area contributed by atoms with Crippen LogP contribution in [0.25, 0.3) is 0 Å². The Kier molecular flexibility index (Phi) is 8.57. The van der Waals surface area contributed by atoms with E-state index >= 15 is 0 Å². The summed E-state index contributed by atoms with van der Waals surface area (Å²) in [6, 6.07) is 20.1. The van der Waals surface area contributed by atoms with E-state index in [1.165, 1.54) is 36.0 Å². The lowest BCUT2D eigenvalue weighted by atomic mass is 10.0. The molecule has 2 N–H and O–H groups in total. The van der Waals surface area contributed by atoms with E-state index in [1.54, 1.807) is 0 Å². The second kappa shape index (κ2) is 11.1. The fraction of sp³-hybridized carbons (Fsp3) is 0.480. The van der Waals surface area contributed by atoms with Crippen molar-refractivity contribution in [1.82, 2.24) is 15.5 Å². The van der Waals surface area contributed by atoms with Crippen LogP contribution in [0.2, 0.25) is 0 Å². The van der Waals surface area contributed by atoms with Gasteiger partial charge >= 0.3 is 0 Å². The monoisotopic (exact) mass is 518 g/mol. The first-order chi connectivity index (χ1) is 14.2. The van der Waals surface area contributed by atoms with Gasteiger partial charge in [-0.05, 0) is 54.7 Å². The molecule has 2 fully saturated rings. The van der Waals surface area contributed by atoms with Gasteiger partial charge in [0.1, 0.15) is 0 Å². The van der Waals surface area contributed by atoms with Crippen LogP contribution in [0, 0.1) is 12.8 Å². The number of aliphatic imine (C=N–C) groups is 1. The number of rotatable bonds is 6. The van der Waals surface area contributed by atoms with Gasteiger partial charge in [-0.2, -0.15) is 0 Å². The van der Waals surface area contributed by atoms with Gasteiger partial charge in [0, 0.05) is 39.3 Å². The molecule has 5 heteroatoms. The van der Waals surface area contributed by atoms with Gasteiger partial charge in [0.15, 0.2) is 5.96 Å². The van der Waals surface area contributed by atoms with Crippen molar-refractivity contribution in [3.05, 3.63) is 71.3 Å². The molecule has 0 spiro atoms. The number of nitrogens with one attached hydrogen (secondary N) is 2. The van der Waals surface area contributed by atoms with E-state index < -0.39 is 0 Å². The number of guanidine groups is 1. The molecule has 2 aromatic carbocycles. The van der Waals surface area contributed by atoms with Gasteiger partial charge in [0.2, 0.25) is 0 Å². The Morgan fingerprint density at radius 3 is 2.43 bits per heavy atom. The smallest absolute Gasteiger partial charge is 0.191 e. The van der Waals surface area contributed by atoms with Crippen LogP contribution in [0.5, 0.6) is 0 Å². The summed E-state index contributed by atoms with van der Waals surface area (Å²) >= 11 is 0. The number of likely N-dealkylation sites (tertiary alicyclic amines) is 1. The summed E-state index contributed by atoms with van der Waals surface area (Å²) in [6.45, 7) is 6.56. The van der Waals surface area contributed by atoms with Gasteiger partial charge in [-0.1, -0.05) is 54.6 Å². The Morgan fingerprint density at radius 2 is 1.73 bits per heavy atom. The highest BCUT2D eigenvalue weighted by atomic mass is 127. The van der Waals surface area contributed by atoms with E-state index in [2.05, 4.69) is 82.0 Å². The van der Waals surface area contributed by atoms with E-state index in [9.17, 15) is 0 Å². The lowest BCUT2D eigenvalue weighted by molar-refractivity contribution is 0.198. The van der Waals surface area contributed by atoms with Crippen molar-refractivity contribution in [2.24, 2.45) is 10.9 Å². The molecule has 1 saturated carbocycles. The summed E-state index contributed by atoms with van der Waals surface area (Å²) < 4.78 is 0. The predicted octanol–water partition coefficient (Wildman–Crippen LogP) is 4.55. The molecule has 2 aliphatic rings. The molecule has 0 bridgehead atoms. The predicted molar refractivity (Wildman–Crippen MR) is 137 cm³/mol. The molecular weight excluding hydrogens is 483 g/mol. The van der Waals surface area contributed by atoms with E-state index in [-0.39, 0.29) is 24.0 Å². The van der Waals surface area contributed by atoms with Gasteiger partial charge < -0.3 is 10.6 Å². The van der Waals surface area contributed by atoms with Crippen molar-refractivity contribution < 1.29 is 0 Å². The molecule has 1 heterocycles. The first-order valence-corrected chi connectivity index (χ1v) is 11.0. The maximum Gasteiger partial charge on any atom is 0.191 e. The minimum atomic E-state index is 0. The average molecular weight is 518 g/mol. The van der Waals surface area contributed by atoms with Crippen LogP contribution in [0.1, 0.15) is 41.9 Å². The van der Waals surface area contributed by atoms with Crippen molar-refractivity contribution in [2.75, 3.05) is 26.7 Å². The summed E-state index contributed by atoms with van der Waals surface area (Å²) in [5, 5.41) is 7.21. The van der Waals surface area contributed by atoms with Gasteiger partial charge in [0.05, 0.1) is 0 Å². The van der Waals surface area contributed by atoms with E-state index in [0.29, 0.717) is 12.0 Å². The third-order valence-electron chi connectivity index (χ3n) is 6.49. The molecule has 1 aliphatic heterocycles. The summed E-state index contributed by atoms with van der Waals surface area (Å²) in [5.41, 5.74) is 4.32. The van der Waals surface area contributed by atoms with E-state index in [1.807, 2.05) is 7.05 Å². The van der Waals surface area contributed by atoms with Crippen molar-refractivity contribution in [3.8, 4) is 0 Å². The molecule has 4 rings (SSSR count). The molecule has 0 aromatic heterocycles. The Morgan fingerprint density at radius 1 is 1.03 bits per heavy atom. The van der Waals surface area contributed by atoms with E-state index in [4.69, 9.17) is 0 Å². The molecule has 30 heavy (non-hydrogen) atoms. The number of aryl methyl sites for hydroxylation is 1. The number of hydrogen-bond acceptors (Lipinski definition) is 2. The molecule has 1 saturated heterocycles. The molecule has 4 nitrogen and oxygen atoms in total. The molecular formula is C25H35IN4. The summed E-state index contributed by atoms with van der Waals surface area (Å²) in [5.74, 6) is 2.40. The lowest BCUT2D eigenvalue weighted by Gasteiger charge is -2.33. The van der Waals surface area contributed by atoms with Gasteiger partial charge in [-0.25, -0.2) is 0 Å². The normalized spacial score (nSPS) is 22.3.